The third-order valence-electron chi connectivity index (χ3n) is 2.21. The Morgan fingerprint density at radius 3 is 2.67 bits per heavy atom. The lowest BCUT2D eigenvalue weighted by Crippen LogP contribution is -2.36. The van der Waals surface area contributed by atoms with Crippen LogP contribution in [0.1, 0.15) is 6.92 Å². The van der Waals surface area contributed by atoms with Crippen molar-refractivity contribution in [2.75, 3.05) is 19.4 Å². The van der Waals surface area contributed by atoms with Gasteiger partial charge in [-0.2, -0.15) is 23.4 Å². The third kappa shape index (κ3) is 3.40. The summed E-state index contributed by atoms with van der Waals surface area (Å²) in [5, 5.41) is 4.88. The number of nitrogens with zero attached hydrogens (tertiary/aromatic N) is 3. The van der Waals surface area contributed by atoms with E-state index in [1.165, 1.54) is 6.92 Å². The maximum absolute atomic E-state index is 12.6. The van der Waals surface area contributed by atoms with Crippen LogP contribution in [0.3, 0.4) is 0 Å². The van der Waals surface area contributed by atoms with Crippen molar-refractivity contribution in [2.24, 2.45) is 20.5 Å². The van der Waals surface area contributed by atoms with Crippen LogP contribution in [-0.2, 0) is 14.5 Å². The highest BCUT2D eigenvalue weighted by Gasteiger charge is 2.50. The van der Waals surface area contributed by atoms with Gasteiger partial charge in [0.1, 0.15) is 5.92 Å². The van der Waals surface area contributed by atoms with Gasteiger partial charge < -0.3 is 4.74 Å². The van der Waals surface area contributed by atoms with E-state index in [2.05, 4.69) is 19.3 Å². The molecule has 0 saturated carbocycles. The molecule has 0 bridgehead atoms. The molecule has 18 heavy (non-hydrogen) atoms. The summed E-state index contributed by atoms with van der Waals surface area (Å²) in [6.45, 7) is 0.892. The zero-order valence-electron chi connectivity index (χ0n) is 9.68. The van der Waals surface area contributed by atoms with Gasteiger partial charge in [0.25, 0.3) is 0 Å². The number of carbonyl (C=O) groups excluding carboxylic acids is 1. The number of alkyl halides is 3. The summed E-state index contributed by atoms with van der Waals surface area (Å²) in [6, 6.07) is 0. The number of amides is 1. The van der Waals surface area contributed by atoms with Gasteiger partial charge in [0.05, 0.1) is 22.9 Å². The first-order valence-corrected chi connectivity index (χ1v) is 6.98. The van der Waals surface area contributed by atoms with Crippen LogP contribution >= 0.6 is 0 Å². The highest BCUT2D eigenvalue weighted by atomic mass is 32.2. The first-order valence-electron chi connectivity index (χ1n) is 4.99. The van der Waals surface area contributed by atoms with Crippen LogP contribution in [0.2, 0.25) is 0 Å². The number of rotatable bonds is 2. The van der Waals surface area contributed by atoms with Crippen molar-refractivity contribution in [3.05, 3.63) is 0 Å². The molecule has 1 heterocycles. The lowest BCUT2D eigenvalue weighted by atomic mass is 10.1. The van der Waals surface area contributed by atoms with Crippen molar-refractivity contribution < 1.29 is 26.9 Å². The third-order valence-corrected chi connectivity index (χ3v) is 4.04. The van der Waals surface area contributed by atoms with Gasteiger partial charge >= 0.3 is 12.3 Å². The summed E-state index contributed by atoms with van der Waals surface area (Å²) in [5.41, 5.74) is 0. The highest BCUT2D eigenvalue weighted by molar-refractivity contribution is 7.93. The first kappa shape index (κ1) is 14.9. The van der Waals surface area contributed by atoms with E-state index in [9.17, 15) is 22.2 Å². The van der Waals surface area contributed by atoms with E-state index in [1.807, 2.05) is 0 Å². The second-order valence-corrected chi connectivity index (χ2v) is 6.02. The minimum absolute atomic E-state index is 0.00721. The molecule has 0 aromatic rings. The largest absolute Gasteiger partial charge is 0.448 e. The maximum Gasteiger partial charge on any atom is 0.441 e. The molecule has 1 amide bonds. The first-order chi connectivity index (χ1) is 8.18. The number of carbonyl (C=O) groups is 1. The number of halogens is 3. The Morgan fingerprint density at radius 1 is 1.56 bits per heavy atom. The smallest absolute Gasteiger partial charge is 0.441 e. The summed E-state index contributed by atoms with van der Waals surface area (Å²) in [7, 11) is -3.49. The molecule has 0 spiro atoms. The van der Waals surface area contributed by atoms with E-state index in [4.69, 9.17) is 0 Å². The monoisotopic (exact) mass is 287 g/mol. The van der Waals surface area contributed by atoms with E-state index in [1.54, 1.807) is 0 Å². The molecule has 0 aliphatic carbocycles. The lowest BCUT2D eigenvalue weighted by Gasteiger charge is -2.19. The lowest BCUT2D eigenvalue weighted by molar-refractivity contribution is -0.168. The van der Waals surface area contributed by atoms with Crippen LogP contribution in [0.5, 0.6) is 0 Å². The Morgan fingerprint density at radius 2 is 2.17 bits per heavy atom. The molecule has 1 aliphatic heterocycles. The average molecular weight is 287 g/mol. The van der Waals surface area contributed by atoms with E-state index in [0.717, 1.165) is 6.26 Å². The Balaban J connectivity index is 3.01. The van der Waals surface area contributed by atoms with Crippen molar-refractivity contribution in [3.8, 4) is 0 Å². The molecule has 0 aromatic carbocycles. The fraction of sp³-hybridized carbons (Fsp3) is 0.875. The van der Waals surface area contributed by atoms with Crippen LogP contribution in [-0.4, -0.2) is 41.3 Å². The van der Waals surface area contributed by atoms with Gasteiger partial charge in [-0.1, -0.05) is 0 Å². The van der Waals surface area contributed by atoms with E-state index in [-0.39, 0.29) is 6.61 Å². The SMILES string of the molecule is CCOC(=O)N=S(C)(=O)C1N=NCC1C(F)(F)F. The highest BCUT2D eigenvalue weighted by Crippen LogP contribution is 2.36. The molecular weight excluding hydrogens is 275 g/mol. The van der Waals surface area contributed by atoms with Crippen molar-refractivity contribution in [1.29, 1.82) is 0 Å². The molecule has 0 saturated heterocycles. The average Bonchev–Trinajstić information content (AvgIpc) is 2.64. The Bertz CT molecular complexity index is 468. The Hall–Kier alpha value is -1.19. The Labute approximate surface area is 102 Å². The normalized spacial score (nSPS) is 26.7. The Kier molecular flexibility index (Phi) is 4.30. The standard InChI is InChI=1S/C8H12F3N3O3S/c1-3-17-7(15)14-18(2,16)6-5(4-12-13-6)8(9,10)11/h5-6H,3-4H2,1-2H3. The molecule has 3 atom stereocenters. The number of azo groups is 1. The molecule has 10 heteroatoms. The van der Waals surface area contributed by atoms with Crippen LogP contribution in [0, 0.1) is 5.92 Å². The van der Waals surface area contributed by atoms with Crippen LogP contribution in [0.15, 0.2) is 14.6 Å². The minimum atomic E-state index is -4.59. The summed E-state index contributed by atoms with van der Waals surface area (Å²) in [4.78, 5) is 11.1. The predicted molar refractivity (Wildman–Crippen MR) is 56.6 cm³/mol. The van der Waals surface area contributed by atoms with Crippen molar-refractivity contribution in [3.63, 3.8) is 0 Å². The summed E-state index contributed by atoms with van der Waals surface area (Å²) < 4.78 is 57.5. The molecule has 0 N–H and O–H groups in total. The number of ether oxygens (including phenoxy) is 1. The van der Waals surface area contributed by atoms with Gasteiger partial charge in [0.15, 0.2) is 5.37 Å². The molecule has 6 nitrogen and oxygen atoms in total. The van der Waals surface area contributed by atoms with Crippen molar-refractivity contribution in [1.82, 2.24) is 0 Å². The van der Waals surface area contributed by atoms with E-state index >= 15 is 0 Å². The maximum atomic E-state index is 12.6. The second-order valence-electron chi connectivity index (χ2n) is 3.63. The zero-order chi connectivity index (χ0) is 14.0. The molecule has 0 aromatic heterocycles. The van der Waals surface area contributed by atoms with Gasteiger partial charge in [0, 0.05) is 6.26 Å². The summed E-state index contributed by atoms with van der Waals surface area (Å²) in [5.74, 6) is -1.98. The van der Waals surface area contributed by atoms with Gasteiger partial charge in [-0.15, -0.1) is 4.36 Å². The van der Waals surface area contributed by atoms with Gasteiger partial charge in [-0.3, -0.25) is 0 Å². The molecule has 1 aliphatic rings. The topological polar surface area (TPSA) is 80.5 Å². The predicted octanol–water partition coefficient (Wildman–Crippen LogP) is 2.21. The van der Waals surface area contributed by atoms with Gasteiger partial charge in [0.2, 0.25) is 0 Å². The second kappa shape index (κ2) is 5.21. The van der Waals surface area contributed by atoms with Gasteiger partial charge in [-0.25, -0.2) is 9.00 Å². The zero-order valence-corrected chi connectivity index (χ0v) is 10.5. The minimum Gasteiger partial charge on any atom is -0.448 e. The van der Waals surface area contributed by atoms with E-state index in [0.29, 0.717) is 0 Å². The fourth-order valence-corrected chi connectivity index (χ4v) is 2.94. The fourth-order valence-electron chi connectivity index (χ4n) is 1.40. The van der Waals surface area contributed by atoms with Crippen LogP contribution < -0.4 is 0 Å². The number of hydrogen-bond donors (Lipinski definition) is 0. The summed E-state index contributed by atoms with van der Waals surface area (Å²) >= 11 is 0. The molecule has 0 radical (unpaired) electrons. The molecule has 0 fully saturated rings. The molecular formula is C8H12F3N3O3S. The quantitative estimate of drug-likeness (QED) is 0.780. The van der Waals surface area contributed by atoms with Crippen LogP contribution in [0.25, 0.3) is 0 Å². The molecule has 1 rings (SSSR count). The van der Waals surface area contributed by atoms with Crippen molar-refractivity contribution >= 4 is 15.8 Å². The number of hydrogen-bond acceptors (Lipinski definition) is 5. The molecule has 104 valence electrons. The summed E-state index contributed by atoms with van der Waals surface area (Å²) in [6.07, 6.45) is -4.80. The van der Waals surface area contributed by atoms with Crippen molar-refractivity contribution in [2.45, 2.75) is 18.5 Å². The van der Waals surface area contributed by atoms with Gasteiger partial charge in [-0.05, 0) is 6.92 Å². The van der Waals surface area contributed by atoms with Crippen LogP contribution in [0.4, 0.5) is 18.0 Å². The molecule has 3 unspecified atom stereocenters. The van der Waals surface area contributed by atoms with E-state index < -0.39 is 39.8 Å².